The third-order valence-corrected chi connectivity index (χ3v) is 3.69. The summed E-state index contributed by atoms with van der Waals surface area (Å²) < 4.78 is 0. The number of hydrogen-bond acceptors (Lipinski definition) is 2. The number of rotatable bonds is 2. The summed E-state index contributed by atoms with van der Waals surface area (Å²) in [5.41, 5.74) is 2.02. The number of para-hydroxylation sites is 1. The van der Waals surface area contributed by atoms with Crippen LogP contribution in [0.15, 0.2) is 24.4 Å². The monoisotopic (exact) mass is 246 g/mol. The van der Waals surface area contributed by atoms with Crippen LogP contribution in [0.5, 0.6) is 0 Å². The molecule has 1 unspecified atom stereocenters. The van der Waals surface area contributed by atoms with Crippen molar-refractivity contribution >= 4 is 16.6 Å². The average molecular weight is 246 g/mol. The number of hydrogen-bond donors (Lipinski definition) is 1. The van der Waals surface area contributed by atoms with E-state index < -0.39 is 0 Å². The summed E-state index contributed by atoms with van der Waals surface area (Å²) in [6, 6.07) is 5.22. The lowest BCUT2D eigenvalue weighted by atomic mass is 9.78. The Morgan fingerprint density at radius 2 is 2.00 bits per heavy atom. The minimum absolute atomic E-state index is 0.125. The fourth-order valence-electron chi connectivity index (χ4n) is 2.14. The van der Waals surface area contributed by atoms with Gasteiger partial charge >= 0.3 is 0 Å². The summed E-state index contributed by atoms with van der Waals surface area (Å²) in [6.07, 6.45) is 1.90. The fraction of sp³-hybridized carbons (Fsp3) is 0.429. The van der Waals surface area contributed by atoms with Gasteiger partial charge < -0.3 is 4.98 Å². The van der Waals surface area contributed by atoms with Crippen LogP contribution in [-0.2, 0) is 0 Å². The molecule has 0 radical (unpaired) electrons. The molecule has 2 rings (SSSR count). The van der Waals surface area contributed by atoms with Crippen molar-refractivity contribution < 1.29 is 4.92 Å². The summed E-state index contributed by atoms with van der Waals surface area (Å²) >= 11 is 0. The van der Waals surface area contributed by atoms with E-state index in [1.807, 2.05) is 12.3 Å². The Morgan fingerprint density at radius 1 is 1.33 bits per heavy atom. The Kier molecular flexibility index (Phi) is 2.89. The van der Waals surface area contributed by atoms with Gasteiger partial charge in [0.2, 0.25) is 0 Å². The highest BCUT2D eigenvalue weighted by Gasteiger charge is 2.25. The molecule has 0 aliphatic heterocycles. The molecule has 1 aromatic heterocycles. The molecule has 0 saturated heterocycles. The lowest BCUT2D eigenvalue weighted by Crippen LogP contribution is -2.14. The second-order valence-electron chi connectivity index (χ2n) is 5.79. The predicted octanol–water partition coefficient (Wildman–Crippen LogP) is 4.23. The van der Waals surface area contributed by atoms with Gasteiger partial charge in [-0.15, -0.1) is 0 Å². The van der Waals surface area contributed by atoms with Crippen LogP contribution < -0.4 is 0 Å². The minimum atomic E-state index is -0.343. The summed E-state index contributed by atoms with van der Waals surface area (Å²) in [4.78, 5) is 13.7. The summed E-state index contributed by atoms with van der Waals surface area (Å²) in [5, 5.41) is 11.9. The molecule has 2 aromatic rings. The van der Waals surface area contributed by atoms with Crippen LogP contribution in [0.25, 0.3) is 10.9 Å². The number of nitrogens with one attached hydrogen (secondary N) is 1. The van der Waals surface area contributed by atoms with Gasteiger partial charge in [-0.05, 0) is 16.9 Å². The molecule has 1 N–H and O–H groups in total. The summed E-state index contributed by atoms with van der Waals surface area (Å²) in [5.74, 6) is 0.327. The standard InChI is InChI=1S/C14H18N2O2/c1-9(14(2,3)4)11-8-15-13-10(11)6-5-7-12(13)16(17)18/h5-9,15H,1-4H3. The molecule has 0 fully saturated rings. The lowest BCUT2D eigenvalue weighted by Gasteiger charge is -2.27. The maximum Gasteiger partial charge on any atom is 0.293 e. The highest BCUT2D eigenvalue weighted by molar-refractivity contribution is 5.91. The SMILES string of the molecule is CC(c1c[nH]c2c([N+](=O)[O-])cccc12)C(C)(C)C. The number of aromatic amines is 1. The Labute approximate surface area is 106 Å². The highest BCUT2D eigenvalue weighted by atomic mass is 16.6. The molecular weight excluding hydrogens is 228 g/mol. The Bertz CT molecular complexity index is 593. The van der Waals surface area contributed by atoms with Crippen LogP contribution in [0.4, 0.5) is 5.69 Å². The molecule has 0 amide bonds. The third-order valence-electron chi connectivity index (χ3n) is 3.69. The first-order valence-corrected chi connectivity index (χ1v) is 6.06. The molecule has 18 heavy (non-hydrogen) atoms. The van der Waals surface area contributed by atoms with Crippen LogP contribution in [0.2, 0.25) is 0 Å². The van der Waals surface area contributed by atoms with Crippen LogP contribution in [0.3, 0.4) is 0 Å². The van der Waals surface area contributed by atoms with E-state index >= 15 is 0 Å². The number of fused-ring (bicyclic) bond motifs is 1. The van der Waals surface area contributed by atoms with Crippen LogP contribution in [0, 0.1) is 15.5 Å². The smallest absolute Gasteiger partial charge is 0.293 e. The van der Waals surface area contributed by atoms with Crippen molar-refractivity contribution in [2.45, 2.75) is 33.6 Å². The first kappa shape index (κ1) is 12.6. The van der Waals surface area contributed by atoms with Crippen LogP contribution in [-0.4, -0.2) is 9.91 Å². The van der Waals surface area contributed by atoms with Crippen LogP contribution in [0.1, 0.15) is 39.2 Å². The predicted molar refractivity (Wildman–Crippen MR) is 72.8 cm³/mol. The number of nitro groups is 1. The van der Waals surface area contributed by atoms with E-state index in [1.54, 1.807) is 6.07 Å². The van der Waals surface area contributed by atoms with Gasteiger partial charge in [0.05, 0.1) is 4.92 Å². The first-order valence-electron chi connectivity index (χ1n) is 6.06. The largest absolute Gasteiger partial charge is 0.355 e. The Hall–Kier alpha value is -1.84. The van der Waals surface area contributed by atoms with E-state index in [-0.39, 0.29) is 16.0 Å². The zero-order valence-electron chi connectivity index (χ0n) is 11.2. The first-order chi connectivity index (χ1) is 8.32. The maximum atomic E-state index is 11.0. The molecule has 0 saturated carbocycles. The minimum Gasteiger partial charge on any atom is -0.355 e. The van der Waals surface area contributed by atoms with E-state index in [2.05, 4.69) is 32.7 Å². The van der Waals surface area contributed by atoms with Gasteiger partial charge in [-0.3, -0.25) is 10.1 Å². The number of nitrogens with zero attached hydrogens (tertiary/aromatic N) is 1. The van der Waals surface area contributed by atoms with E-state index in [0.717, 1.165) is 10.9 Å². The molecule has 0 aliphatic rings. The van der Waals surface area contributed by atoms with Crippen LogP contribution >= 0.6 is 0 Å². The average Bonchev–Trinajstić information content (AvgIpc) is 2.69. The molecule has 96 valence electrons. The molecular formula is C14H18N2O2. The second-order valence-corrected chi connectivity index (χ2v) is 5.79. The van der Waals surface area contributed by atoms with Gasteiger partial charge in [-0.25, -0.2) is 0 Å². The normalized spacial score (nSPS) is 13.8. The fourth-order valence-corrected chi connectivity index (χ4v) is 2.14. The topological polar surface area (TPSA) is 58.9 Å². The quantitative estimate of drug-likeness (QED) is 0.636. The van der Waals surface area contributed by atoms with Gasteiger partial charge in [-0.1, -0.05) is 39.8 Å². The number of aromatic nitrogens is 1. The summed E-state index contributed by atoms with van der Waals surface area (Å²) in [6.45, 7) is 8.68. The summed E-state index contributed by atoms with van der Waals surface area (Å²) in [7, 11) is 0. The van der Waals surface area contributed by atoms with Crippen molar-refractivity contribution in [3.8, 4) is 0 Å². The molecule has 1 heterocycles. The third kappa shape index (κ3) is 1.98. The lowest BCUT2D eigenvalue weighted by molar-refractivity contribution is -0.383. The van der Waals surface area contributed by atoms with E-state index in [1.165, 1.54) is 6.07 Å². The van der Waals surface area contributed by atoms with Crippen molar-refractivity contribution in [1.29, 1.82) is 0 Å². The van der Waals surface area contributed by atoms with Crippen molar-refractivity contribution in [3.63, 3.8) is 0 Å². The molecule has 0 spiro atoms. The van der Waals surface area contributed by atoms with E-state index in [9.17, 15) is 10.1 Å². The van der Waals surface area contributed by atoms with Crippen molar-refractivity contribution in [2.75, 3.05) is 0 Å². The molecule has 1 atom stereocenters. The molecule has 0 bridgehead atoms. The molecule has 0 aliphatic carbocycles. The van der Waals surface area contributed by atoms with Crippen molar-refractivity contribution in [2.24, 2.45) is 5.41 Å². The Balaban J connectivity index is 2.63. The van der Waals surface area contributed by atoms with E-state index in [4.69, 9.17) is 0 Å². The molecule has 4 heteroatoms. The van der Waals surface area contributed by atoms with Gasteiger partial charge in [0.25, 0.3) is 5.69 Å². The van der Waals surface area contributed by atoms with E-state index in [0.29, 0.717) is 11.4 Å². The van der Waals surface area contributed by atoms with Gasteiger partial charge in [0, 0.05) is 17.6 Å². The van der Waals surface area contributed by atoms with Gasteiger partial charge in [-0.2, -0.15) is 0 Å². The zero-order chi connectivity index (χ0) is 13.5. The number of nitro benzene ring substituents is 1. The van der Waals surface area contributed by atoms with Crippen molar-refractivity contribution in [1.82, 2.24) is 4.98 Å². The second kappa shape index (κ2) is 4.12. The zero-order valence-corrected chi connectivity index (χ0v) is 11.2. The Morgan fingerprint density at radius 3 is 2.56 bits per heavy atom. The molecule has 1 aromatic carbocycles. The maximum absolute atomic E-state index is 11.0. The van der Waals surface area contributed by atoms with Gasteiger partial charge in [0.15, 0.2) is 0 Å². The number of non-ortho nitro benzene ring substituents is 1. The highest BCUT2D eigenvalue weighted by Crippen LogP contribution is 2.39. The number of benzene rings is 1. The van der Waals surface area contributed by atoms with Crippen molar-refractivity contribution in [3.05, 3.63) is 40.1 Å². The number of H-pyrrole nitrogens is 1. The van der Waals surface area contributed by atoms with Gasteiger partial charge in [0.1, 0.15) is 5.52 Å². The molecule has 4 nitrogen and oxygen atoms in total.